The summed E-state index contributed by atoms with van der Waals surface area (Å²) in [6.07, 6.45) is 2.39. The second-order valence-corrected chi connectivity index (χ2v) is 10.1. The molecule has 1 aliphatic heterocycles. The summed E-state index contributed by atoms with van der Waals surface area (Å²) in [6.45, 7) is 4.01. The fourth-order valence-electron chi connectivity index (χ4n) is 3.59. The lowest BCUT2D eigenvalue weighted by Crippen LogP contribution is -2.34. The average Bonchev–Trinajstić information content (AvgIpc) is 2.81. The lowest BCUT2D eigenvalue weighted by Gasteiger charge is -2.32. The molecule has 0 fully saturated rings. The first-order valence-electron chi connectivity index (χ1n) is 10.8. The van der Waals surface area contributed by atoms with E-state index in [9.17, 15) is 9.59 Å². The third-order valence-electron chi connectivity index (χ3n) is 5.19. The van der Waals surface area contributed by atoms with E-state index in [2.05, 4.69) is 24.4 Å². The highest BCUT2D eigenvalue weighted by Gasteiger charge is 2.31. The van der Waals surface area contributed by atoms with Gasteiger partial charge in [0.2, 0.25) is 11.8 Å². The van der Waals surface area contributed by atoms with Crippen LogP contribution in [0.2, 0.25) is 0 Å². The zero-order valence-electron chi connectivity index (χ0n) is 18.2. The van der Waals surface area contributed by atoms with Gasteiger partial charge < -0.3 is 5.32 Å². The Morgan fingerprint density at radius 3 is 2.28 bits per heavy atom. The van der Waals surface area contributed by atoms with Crippen LogP contribution in [-0.2, 0) is 9.59 Å². The number of hydrogen-bond donors (Lipinski definition) is 1. The molecule has 0 saturated heterocycles. The van der Waals surface area contributed by atoms with Gasteiger partial charge in [-0.25, -0.2) is 0 Å². The Balaban J connectivity index is 1.53. The number of amides is 2. The normalized spacial score (nSPS) is 13.1. The van der Waals surface area contributed by atoms with E-state index >= 15 is 0 Å². The summed E-state index contributed by atoms with van der Waals surface area (Å²) in [5.41, 5.74) is 2.61. The molecule has 0 saturated carbocycles. The van der Waals surface area contributed by atoms with Crippen molar-refractivity contribution in [1.82, 2.24) is 0 Å². The monoisotopic (exact) mass is 462 g/mol. The van der Waals surface area contributed by atoms with Crippen LogP contribution in [0.4, 0.5) is 17.1 Å². The van der Waals surface area contributed by atoms with Crippen LogP contribution in [0.1, 0.15) is 33.1 Å². The molecule has 1 heterocycles. The zero-order chi connectivity index (χ0) is 22.5. The Morgan fingerprint density at radius 1 is 0.969 bits per heavy atom. The molecule has 1 atom stereocenters. The molecular weight excluding hydrogens is 436 g/mol. The lowest BCUT2D eigenvalue weighted by molar-refractivity contribution is -0.117. The van der Waals surface area contributed by atoms with E-state index in [1.54, 1.807) is 11.8 Å². The van der Waals surface area contributed by atoms with Gasteiger partial charge in [0.1, 0.15) is 0 Å². The summed E-state index contributed by atoms with van der Waals surface area (Å²) in [5, 5.41) is 2.66. The van der Waals surface area contributed by atoms with Crippen LogP contribution in [0.15, 0.2) is 87.5 Å². The Bertz CT molecular complexity index is 1090. The maximum atomic E-state index is 13.6. The van der Waals surface area contributed by atoms with Crippen LogP contribution in [-0.4, -0.2) is 17.1 Å². The maximum Gasteiger partial charge on any atom is 0.244 e. The van der Waals surface area contributed by atoms with Crippen molar-refractivity contribution in [3.05, 3.63) is 72.8 Å². The molecule has 1 aliphatic rings. The molecule has 4 nitrogen and oxygen atoms in total. The van der Waals surface area contributed by atoms with Gasteiger partial charge in [0.25, 0.3) is 0 Å². The molecule has 32 heavy (non-hydrogen) atoms. The third kappa shape index (κ3) is 5.03. The molecule has 1 unspecified atom stereocenters. The van der Waals surface area contributed by atoms with Crippen LogP contribution in [0.5, 0.6) is 0 Å². The van der Waals surface area contributed by atoms with Crippen molar-refractivity contribution in [2.45, 2.75) is 53.0 Å². The standard InChI is InChI=1S/C26H26N2O2S2/c1-3-4-16-25(29)27-19-10-9-11-20(17-19)31-18(2)26(30)28-21-12-5-7-14-23(21)32-24-15-8-6-13-22(24)28/h5-15,17-18H,3-4,16H2,1-2H3,(H,27,29). The van der Waals surface area contributed by atoms with Gasteiger partial charge in [0.05, 0.1) is 16.6 Å². The van der Waals surface area contributed by atoms with Crippen LogP contribution in [0.3, 0.4) is 0 Å². The van der Waals surface area contributed by atoms with Crippen LogP contribution in [0, 0.1) is 0 Å². The minimum atomic E-state index is -0.301. The van der Waals surface area contributed by atoms with Gasteiger partial charge in [-0.05, 0) is 55.8 Å². The van der Waals surface area contributed by atoms with Crippen molar-refractivity contribution < 1.29 is 9.59 Å². The summed E-state index contributed by atoms with van der Waals surface area (Å²) in [6, 6.07) is 23.8. The fourth-order valence-corrected chi connectivity index (χ4v) is 5.61. The lowest BCUT2D eigenvalue weighted by atomic mass is 10.2. The minimum Gasteiger partial charge on any atom is -0.326 e. The van der Waals surface area contributed by atoms with Gasteiger partial charge in [-0.3, -0.25) is 14.5 Å². The van der Waals surface area contributed by atoms with Crippen molar-refractivity contribution in [2.24, 2.45) is 0 Å². The number of fused-ring (bicyclic) bond motifs is 2. The molecular formula is C26H26N2O2S2. The smallest absolute Gasteiger partial charge is 0.244 e. The maximum absolute atomic E-state index is 13.6. The van der Waals surface area contributed by atoms with Crippen molar-refractivity contribution in [3.63, 3.8) is 0 Å². The average molecular weight is 463 g/mol. The molecule has 164 valence electrons. The highest BCUT2D eigenvalue weighted by atomic mass is 32.2. The van der Waals surface area contributed by atoms with E-state index in [0.717, 1.165) is 44.6 Å². The number of rotatable bonds is 7. The molecule has 2 amide bonds. The summed E-state index contributed by atoms with van der Waals surface area (Å²) >= 11 is 3.20. The molecule has 3 aromatic carbocycles. The number of nitrogens with one attached hydrogen (secondary N) is 1. The number of unbranched alkanes of at least 4 members (excludes halogenated alkanes) is 1. The molecule has 1 N–H and O–H groups in total. The number of carbonyl (C=O) groups is 2. The van der Waals surface area contributed by atoms with Crippen LogP contribution >= 0.6 is 23.5 Å². The first kappa shape index (κ1) is 22.5. The van der Waals surface area contributed by atoms with Crippen molar-refractivity contribution in [2.75, 3.05) is 10.2 Å². The van der Waals surface area contributed by atoms with E-state index in [1.807, 2.05) is 72.5 Å². The van der Waals surface area contributed by atoms with Gasteiger partial charge in [-0.15, -0.1) is 11.8 Å². The number of carbonyl (C=O) groups excluding carboxylic acids is 2. The Morgan fingerprint density at radius 2 is 1.62 bits per heavy atom. The molecule has 0 radical (unpaired) electrons. The summed E-state index contributed by atoms with van der Waals surface area (Å²) < 4.78 is 0. The van der Waals surface area contributed by atoms with E-state index < -0.39 is 0 Å². The second kappa shape index (κ2) is 10.3. The molecule has 0 spiro atoms. The fraction of sp³-hybridized carbons (Fsp3) is 0.231. The number of nitrogens with zero attached hydrogens (tertiary/aromatic N) is 1. The summed E-state index contributed by atoms with van der Waals surface area (Å²) in [4.78, 5) is 30.7. The third-order valence-corrected chi connectivity index (χ3v) is 7.40. The zero-order valence-corrected chi connectivity index (χ0v) is 19.8. The second-order valence-electron chi connectivity index (χ2n) is 7.65. The largest absolute Gasteiger partial charge is 0.326 e. The SMILES string of the molecule is CCCCC(=O)Nc1cccc(SC(C)C(=O)N2c3ccccc3Sc3ccccc32)c1. The highest BCUT2D eigenvalue weighted by molar-refractivity contribution is 8.00. The van der Waals surface area contributed by atoms with Gasteiger partial charge in [-0.1, -0.05) is 55.4 Å². The highest BCUT2D eigenvalue weighted by Crippen LogP contribution is 2.48. The number of anilines is 3. The molecule has 0 aliphatic carbocycles. The van der Waals surface area contributed by atoms with E-state index in [-0.39, 0.29) is 17.1 Å². The van der Waals surface area contributed by atoms with Gasteiger partial charge >= 0.3 is 0 Å². The predicted molar refractivity (Wildman–Crippen MR) is 134 cm³/mol. The van der Waals surface area contributed by atoms with Gasteiger partial charge in [0, 0.05) is 26.8 Å². The van der Waals surface area contributed by atoms with Crippen LogP contribution < -0.4 is 10.2 Å². The van der Waals surface area contributed by atoms with Gasteiger partial charge in [0.15, 0.2) is 0 Å². The van der Waals surface area contributed by atoms with E-state index in [0.29, 0.717) is 6.42 Å². The molecule has 3 aromatic rings. The summed E-state index contributed by atoms with van der Waals surface area (Å²) in [7, 11) is 0. The van der Waals surface area contributed by atoms with E-state index in [4.69, 9.17) is 0 Å². The molecule has 0 bridgehead atoms. The van der Waals surface area contributed by atoms with E-state index in [1.165, 1.54) is 11.8 Å². The molecule has 0 aromatic heterocycles. The topological polar surface area (TPSA) is 49.4 Å². The van der Waals surface area contributed by atoms with Crippen molar-refractivity contribution in [1.29, 1.82) is 0 Å². The summed E-state index contributed by atoms with van der Waals surface area (Å²) in [5.74, 6) is 0.0599. The van der Waals surface area contributed by atoms with Crippen molar-refractivity contribution >= 4 is 52.4 Å². The van der Waals surface area contributed by atoms with Gasteiger partial charge in [-0.2, -0.15) is 0 Å². The predicted octanol–water partition coefficient (Wildman–Crippen LogP) is 7.13. The number of thioether (sulfide) groups is 1. The minimum absolute atomic E-state index is 0.0251. The molecule has 4 rings (SSSR count). The van der Waals surface area contributed by atoms with Crippen LogP contribution in [0.25, 0.3) is 0 Å². The Kier molecular flexibility index (Phi) is 7.22. The Hall–Kier alpha value is -2.70. The first-order valence-corrected chi connectivity index (χ1v) is 12.5. The number of benzene rings is 3. The van der Waals surface area contributed by atoms with Crippen molar-refractivity contribution in [3.8, 4) is 0 Å². The number of para-hydroxylation sites is 2. The molecule has 6 heteroatoms. The Labute approximate surface area is 197 Å². The first-order chi connectivity index (χ1) is 15.6. The quantitative estimate of drug-likeness (QED) is 0.380. The number of hydrogen-bond acceptors (Lipinski definition) is 4.